The molecule has 1 N–H and O–H groups in total. The molecule has 0 atom stereocenters. The van der Waals surface area contributed by atoms with Crippen LogP contribution < -0.4 is 5.32 Å². The van der Waals surface area contributed by atoms with Gasteiger partial charge in [0.15, 0.2) is 0 Å². The molecule has 3 heteroatoms. The van der Waals surface area contributed by atoms with Gasteiger partial charge in [-0.05, 0) is 39.8 Å². The van der Waals surface area contributed by atoms with Crippen molar-refractivity contribution in [2.24, 2.45) is 0 Å². The van der Waals surface area contributed by atoms with Crippen LogP contribution in [-0.2, 0) is 0 Å². The maximum absolute atomic E-state index is 12.3. The number of carbonyl (C=O) groups is 1. The van der Waals surface area contributed by atoms with Gasteiger partial charge in [0.1, 0.15) is 0 Å². The molecule has 1 rings (SSSR count). The number of nitrogens with zero attached hydrogens (tertiary/aromatic N) is 1. The predicted molar refractivity (Wildman–Crippen MR) is 72.5 cm³/mol. The molecule has 0 heterocycles. The molecule has 3 nitrogen and oxygen atoms in total. The van der Waals surface area contributed by atoms with Gasteiger partial charge in [-0.15, -0.1) is 0 Å². The normalized spacial score (nSPS) is 10.4. The Bertz CT molecular complexity index is 370. The zero-order chi connectivity index (χ0) is 12.8. The van der Waals surface area contributed by atoms with Gasteiger partial charge in [-0.1, -0.05) is 12.1 Å². The van der Waals surface area contributed by atoms with E-state index in [2.05, 4.69) is 19.2 Å². The molecule has 0 fully saturated rings. The van der Waals surface area contributed by atoms with Crippen molar-refractivity contribution in [2.75, 3.05) is 18.4 Å². The second-order valence-electron chi connectivity index (χ2n) is 4.32. The molecule has 0 saturated heterocycles. The Morgan fingerprint density at radius 3 is 2.35 bits per heavy atom. The van der Waals surface area contributed by atoms with Crippen molar-refractivity contribution in [1.29, 1.82) is 0 Å². The third-order valence-corrected chi connectivity index (χ3v) is 2.65. The van der Waals surface area contributed by atoms with E-state index in [1.807, 2.05) is 43.0 Å². The Hall–Kier alpha value is -1.51. The van der Waals surface area contributed by atoms with Crippen molar-refractivity contribution in [3.63, 3.8) is 0 Å². The predicted octanol–water partition coefficient (Wildman–Crippen LogP) is 2.99. The van der Waals surface area contributed by atoms with Crippen molar-refractivity contribution >= 4 is 11.6 Å². The van der Waals surface area contributed by atoms with Crippen LogP contribution in [-0.4, -0.2) is 29.9 Å². The lowest BCUT2D eigenvalue weighted by atomic mass is 10.1. The Labute approximate surface area is 104 Å². The summed E-state index contributed by atoms with van der Waals surface area (Å²) in [7, 11) is 0. The quantitative estimate of drug-likeness (QED) is 0.849. The van der Waals surface area contributed by atoms with E-state index in [4.69, 9.17) is 0 Å². The molecule has 0 aliphatic carbocycles. The highest BCUT2D eigenvalue weighted by Crippen LogP contribution is 2.18. The first-order chi connectivity index (χ1) is 8.10. The van der Waals surface area contributed by atoms with E-state index in [0.717, 1.165) is 24.3 Å². The summed E-state index contributed by atoms with van der Waals surface area (Å²) < 4.78 is 0. The van der Waals surface area contributed by atoms with Crippen LogP contribution >= 0.6 is 0 Å². The highest BCUT2D eigenvalue weighted by Gasteiger charge is 2.16. The summed E-state index contributed by atoms with van der Waals surface area (Å²) in [6.07, 6.45) is 0. The SMILES string of the molecule is CCN(CC)C(=O)c1ccccc1NC(C)C. The van der Waals surface area contributed by atoms with Gasteiger partial charge < -0.3 is 10.2 Å². The highest BCUT2D eigenvalue weighted by atomic mass is 16.2. The average Bonchev–Trinajstić information content (AvgIpc) is 2.30. The number of hydrogen-bond acceptors (Lipinski definition) is 2. The summed E-state index contributed by atoms with van der Waals surface area (Å²) in [5.41, 5.74) is 1.67. The summed E-state index contributed by atoms with van der Waals surface area (Å²) in [6, 6.07) is 8.01. The number of para-hydroxylation sites is 1. The molecule has 0 bridgehead atoms. The van der Waals surface area contributed by atoms with Crippen LogP contribution in [0.15, 0.2) is 24.3 Å². The van der Waals surface area contributed by atoms with Crippen LogP contribution in [0.4, 0.5) is 5.69 Å². The second-order valence-corrected chi connectivity index (χ2v) is 4.32. The minimum atomic E-state index is 0.0961. The lowest BCUT2D eigenvalue weighted by Gasteiger charge is -2.21. The largest absolute Gasteiger partial charge is 0.382 e. The van der Waals surface area contributed by atoms with Gasteiger partial charge in [0.2, 0.25) is 0 Å². The molecule has 0 aliphatic rings. The van der Waals surface area contributed by atoms with E-state index >= 15 is 0 Å². The van der Waals surface area contributed by atoms with Crippen molar-refractivity contribution in [3.05, 3.63) is 29.8 Å². The molecular weight excluding hydrogens is 212 g/mol. The first-order valence-electron chi connectivity index (χ1n) is 6.25. The summed E-state index contributed by atoms with van der Waals surface area (Å²) in [4.78, 5) is 14.1. The van der Waals surface area contributed by atoms with E-state index in [1.165, 1.54) is 0 Å². The Balaban J connectivity index is 2.99. The monoisotopic (exact) mass is 234 g/mol. The van der Waals surface area contributed by atoms with Gasteiger partial charge in [-0.25, -0.2) is 0 Å². The first kappa shape index (κ1) is 13.6. The fraction of sp³-hybridized carbons (Fsp3) is 0.500. The molecular formula is C14H22N2O. The molecule has 1 aromatic carbocycles. The molecule has 0 unspecified atom stereocenters. The van der Waals surface area contributed by atoms with Crippen molar-refractivity contribution < 1.29 is 4.79 Å². The van der Waals surface area contributed by atoms with Crippen LogP contribution in [0.2, 0.25) is 0 Å². The van der Waals surface area contributed by atoms with Crippen molar-refractivity contribution in [2.45, 2.75) is 33.7 Å². The van der Waals surface area contributed by atoms with Crippen molar-refractivity contribution in [1.82, 2.24) is 4.90 Å². The lowest BCUT2D eigenvalue weighted by Crippen LogP contribution is -2.31. The fourth-order valence-corrected chi connectivity index (χ4v) is 1.79. The zero-order valence-electron chi connectivity index (χ0n) is 11.2. The molecule has 0 saturated carbocycles. The van der Waals surface area contributed by atoms with Gasteiger partial charge in [-0.2, -0.15) is 0 Å². The Morgan fingerprint density at radius 1 is 1.24 bits per heavy atom. The van der Waals surface area contributed by atoms with Crippen LogP contribution in [0.1, 0.15) is 38.1 Å². The average molecular weight is 234 g/mol. The summed E-state index contributed by atoms with van der Waals surface area (Å²) in [5.74, 6) is 0.0961. The van der Waals surface area contributed by atoms with Crippen molar-refractivity contribution in [3.8, 4) is 0 Å². The van der Waals surface area contributed by atoms with E-state index in [1.54, 1.807) is 0 Å². The van der Waals surface area contributed by atoms with Crippen LogP contribution in [0.25, 0.3) is 0 Å². The molecule has 0 spiro atoms. The van der Waals surface area contributed by atoms with E-state index in [-0.39, 0.29) is 5.91 Å². The molecule has 1 amide bonds. The Kier molecular flexibility index (Phi) is 5.01. The van der Waals surface area contributed by atoms with E-state index < -0.39 is 0 Å². The smallest absolute Gasteiger partial charge is 0.255 e. The summed E-state index contributed by atoms with van der Waals surface area (Å²) >= 11 is 0. The van der Waals surface area contributed by atoms with Gasteiger partial charge in [0.05, 0.1) is 5.56 Å². The molecule has 0 aromatic heterocycles. The zero-order valence-corrected chi connectivity index (χ0v) is 11.2. The topological polar surface area (TPSA) is 32.3 Å². The maximum atomic E-state index is 12.3. The fourth-order valence-electron chi connectivity index (χ4n) is 1.79. The molecule has 0 aliphatic heterocycles. The number of benzene rings is 1. The number of rotatable bonds is 5. The Morgan fingerprint density at radius 2 is 1.82 bits per heavy atom. The highest BCUT2D eigenvalue weighted by molar-refractivity contribution is 5.99. The second kappa shape index (κ2) is 6.28. The number of hydrogen-bond donors (Lipinski definition) is 1. The molecule has 94 valence electrons. The number of carbonyl (C=O) groups excluding carboxylic acids is 1. The molecule has 17 heavy (non-hydrogen) atoms. The first-order valence-corrected chi connectivity index (χ1v) is 6.25. The maximum Gasteiger partial charge on any atom is 0.255 e. The third-order valence-electron chi connectivity index (χ3n) is 2.65. The van der Waals surface area contributed by atoms with E-state index in [0.29, 0.717) is 6.04 Å². The molecule has 0 radical (unpaired) electrons. The standard InChI is InChI=1S/C14H22N2O/c1-5-16(6-2)14(17)12-9-7-8-10-13(12)15-11(3)4/h7-11,15H,5-6H2,1-4H3. The van der Waals surface area contributed by atoms with Gasteiger partial charge in [-0.3, -0.25) is 4.79 Å². The summed E-state index contributed by atoms with van der Waals surface area (Å²) in [5, 5.41) is 3.31. The molecule has 1 aromatic rings. The van der Waals surface area contributed by atoms with Crippen LogP contribution in [0.5, 0.6) is 0 Å². The number of nitrogens with one attached hydrogen (secondary N) is 1. The summed E-state index contributed by atoms with van der Waals surface area (Å²) in [6.45, 7) is 9.62. The third kappa shape index (κ3) is 3.48. The van der Waals surface area contributed by atoms with Crippen LogP contribution in [0.3, 0.4) is 0 Å². The van der Waals surface area contributed by atoms with Crippen LogP contribution in [0, 0.1) is 0 Å². The van der Waals surface area contributed by atoms with Gasteiger partial charge >= 0.3 is 0 Å². The van der Waals surface area contributed by atoms with Gasteiger partial charge in [0, 0.05) is 24.8 Å². The van der Waals surface area contributed by atoms with E-state index in [9.17, 15) is 4.79 Å². The minimum Gasteiger partial charge on any atom is -0.382 e. The minimum absolute atomic E-state index is 0.0961. The number of amides is 1. The van der Waals surface area contributed by atoms with Gasteiger partial charge in [0.25, 0.3) is 5.91 Å². The number of anilines is 1. The lowest BCUT2D eigenvalue weighted by molar-refractivity contribution is 0.0774.